The van der Waals surface area contributed by atoms with Gasteiger partial charge in [-0.25, -0.2) is 0 Å². The molecule has 6 N–H and O–H groups in total. The fourth-order valence-corrected chi connectivity index (χ4v) is 5.34. The molecule has 3 aliphatic heterocycles. The van der Waals surface area contributed by atoms with Crippen LogP contribution in [0.5, 0.6) is 0 Å². The van der Waals surface area contributed by atoms with Crippen LogP contribution in [0.15, 0.2) is 18.2 Å². The highest BCUT2D eigenvalue weighted by Gasteiger charge is 2.32. The number of nitro groups is 1. The number of piperazine rings is 2. The van der Waals surface area contributed by atoms with Gasteiger partial charge in [-0.15, -0.1) is 0 Å². The predicted molar refractivity (Wildman–Crippen MR) is 141 cm³/mol. The maximum atomic E-state index is 13.3. The number of piperidine rings is 1. The van der Waals surface area contributed by atoms with Crippen molar-refractivity contribution in [1.82, 2.24) is 24.5 Å². The standard InChI is InChI=1S/C24H36N10O4/c25-23(26)32-3-1-18(2-4-32)21(35)30-9-11-31(12-10-30)22(36)19-13-17(14-20(15-19)34(37)38)16-29-5-7-33(8-6-29)24(27)28/h13-15,18H,1-12,16H2,(H3,25,26)(H3,27,28). The molecule has 0 aliphatic carbocycles. The summed E-state index contributed by atoms with van der Waals surface area (Å²) < 4.78 is 0. The van der Waals surface area contributed by atoms with Crippen molar-refractivity contribution >= 4 is 29.4 Å². The summed E-state index contributed by atoms with van der Waals surface area (Å²) in [4.78, 5) is 46.5. The Morgan fingerprint density at radius 1 is 0.816 bits per heavy atom. The molecular formula is C24H36N10O4. The van der Waals surface area contributed by atoms with Gasteiger partial charge in [0.2, 0.25) is 5.91 Å². The topological polar surface area (TPSA) is 193 Å². The minimum absolute atomic E-state index is 0.0305. The average Bonchev–Trinajstić information content (AvgIpc) is 2.92. The maximum absolute atomic E-state index is 13.3. The number of guanidine groups is 2. The first-order valence-corrected chi connectivity index (χ1v) is 12.9. The maximum Gasteiger partial charge on any atom is 0.270 e. The molecule has 2 amide bonds. The molecule has 0 radical (unpaired) electrons. The molecule has 3 fully saturated rings. The minimum Gasteiger partial charge on any atom is -0.370 e. The number of hydrogen-bond donors (Lipinski definition) is 4. The van der Waals surface area contributed by atoms with Crippen LogP contribution in [0.25, 0.3) is 0 Å². The Kier molecular flexibility index (Phi) is 8.29. The number of benzene rings is 1. The molecule has 0 bridgehead atoms. The number of nitrogens with one attached hydrogen (secondary N) is 2. The number of hydrogen-bond acceptors (Lipinski definition) is 7. The lowest BCUT2D eigenvalue weighted by molar-refractivity contribution is -0.385. The Morgan fingerprint density at radius 2 is 1.34 bits per heavy atom. The van der Waals surface area contributed by atoms with E-state index in [-0.39, 0.29) is 40.9 Å². The van der Waals surface area contributed by atoms with Gasteiger partial charge in [0, 0.05) is 95.6 Å². The number of nitrogens with zero attached hydrogens (tertiary/aromatic N) is 6. The highest BCUT2D eigenvalue weighted by molar-refractivity contribution is 5.95. The van der Waals surface area contributed by atoms with E-state index in [4.69, 9.17) is 22.3 Å². The van der Waals surface area contributed by atoms with Gasteiger partial charge in [-0.3, -0.25) is 35.4 Å². The van der Waals surface area contributed by atoms with E-state index in [9.17, 15) is 19.7 Å². The van der Waals surface area contributed by atoms with Gasteiger partial charge in [0.25, 0.3) is 11.6 Å². The molecule has 0 aromatic heterocycles. The zero-order chi connectivity index (χ0) is 27.4. The first-order chi connectivity index (χ1) is 18.1. The quantitative estimate of drug-likeness (QED) is 0.169. The Labute approximate surface area is 221 Å². The Hall–Kier alpha value is -3.94. The molecule has 3 heterocycles. The molecular weight excluding hydrogens is 492 g/mol. The molecule has 14 nitrogen and oxygen atoms in total. The number of likely N-dealkylation sites (tertiary alicyclic amines) is 1. The monoisotopic (exact) mass is 528 g/mol. The summed E-state index contributed by atoms with van der Waals surface area (Å²) in [5.41, 5.74) is 11.9. The molecule has 0 unspecified atom stereocenters. The number of nitro benzene ring substituents is 1. The minimum atomic E-state index is -0.484. The van der Waals surface area contributed by atoms with Gasteiger partial charge in [-0.1, -0.05) is 0 Å². The van der Waals surface area contributed by atoms with E-state index < -0.39 is 4.92 Å². The van der Waals surface area contributed by atoms with Crippen LogP contribution in [-0.4, -0.2) is 119 Å². The van der Waals surface area contributed by atoms with Crippen molar-refractivity contribution in [2.45, 2.75) is 19.4 Å². The normalized spacial score (nSPS) is 19.4. The van der Waals surface area contributed by atoms with Crippen LogP contribution < -0.4 is 11.5 Å². The van der Waals surface area contributed by atoms with Gasteiger partial charge in [0.05, 0.1) is 4.92 Å². The number of carbonyl (C=O) groups excluding carboxylic acids is 2. The molecule has 206 valence electrons. The van der Waals surface area contributed by atoms with Crippen molar-refractivity contribution in [3.63, 3.8) is 0 Å². The molecule has 0 spiro atoms. The summed E-state index contributed by atoms with van der Waals surface area (Å²) in [5, 5.41) is 26.7. The van der Waals surface area contributed by atoms with Crippen LogP contribution >= 0.6 is 0 Å². The van der Waals surface area contributed by atoms with E-state index in [1.807, 2.05) is 0 Å². The first-order valence-electron chi connectivity index (χ1n) is 12.9. The van der Waals surface area contributed by atoms with E-state index in [1.54, 1.807) is 25.7 Å². The molecule has 14 heteroatoms. The SMILES string of the molecule is N=C(N)N1CCC(C(=O)N2CCN(C(=O)c3cc(CN4CCN(C(=N)N)CC4)cc([N+](=O)[O-])c3)CC2)CC1. The molecule has 0 saturated carbocycles. The highest BCUT2D eigenvalue weighted by atomic mass is 16.6. The third-order valence-corrected chi connectivity index (χ3v) is 7.62. The average molecular weight is 529 g/mol. The molecule has 0 atom stereocenters. The van der Waals surface area contributed by atoms with Gasteiger partial charge < -0.3 is 31.1 Å². The molecule has 4 rings (SSSR count). The Balaban J connectivity index is 1.35. The lowest BCUT2D eigenvalue weighted by atomic mass is 9.95. The number of amides is 2. The lowest BCUT2D eigenvalue weighted by Gasteiger charge is -2.38. The van der Waals surface area contributed by atoms with E-state index in [0.29, 0.717) is 90.4 Å². The van der Waals surface area contributed by atoms with Gasteiger partial charge in [-0.05, 0) is 24.5 Å². The van der Waals surface area contributed by atoms with Crippen molar-refractivity contribution < 1.29 is 14.5 Å². The van der Waals surface area contributed by atoms with Crippen LogP contribution in [-0.2, 0) is 11.3 Å². The Morgan fingerprint density at radius 3 is 1.89 bits per heavy atom. The fourth-order valence-electron chi connectivity index (χ4n) is 5.34. The third-order valence-electron chi connectivity index (χ3n) is 7.62. The second-order valence-corrected chi connectivity index (χ2v) is 10.1. The zero-order valence-corrected chi connectivity index (χ0v) is 21.5. The van der Waals surface area contributed by atoms with Crippen LogP contribution in [0, 0.1) is 26.9 Å². The van der Waals surface area contributed by atoms with Crippen LogP contribution in [0.4, 0.5) is 5.69 Å². The van der Waals surface area contributed by atoms with Crippen molar-refractivity contribution in [3.05, 3.63) is 39.4 Å². The molecule has 1 aromatic rings. The molecule has 1 aromatic carbocycles. The number of nitrogens with two attached hydrogens (primary N) is 2. The largest absolute Gasteiger partial charge is 0.370 e. The zero-order valence-electron chi connectivity index (χ0n) is 21.5. The van der Waals surface area contributed by atoms with E-state index >= 15 is 0 Å². The van der Waals surface area contributed by atoms with Crippen LogP contribution in [0.1, 0.15) is 28.8 Å². The predicted octanol–water partition coefficient (Wildman–Crippen LogP) is -0.504. The summed E-state index contributed by atoms with van der Waals surface area (Å²) in [6.07, 6.45) is 1.30. The van der Waals surface area contributed by atoms with E-state index in [2.05, 4.69) is 4.90 Å². The summed E-state index contributed by atoms with van der Waals surface area (Å²) >= 11 is 0. The van der Waals surface area contributed by atoms with E-state index in [0.717, 1.165) is 0 Å². The lowest BCUT2D eigenvalue weighted by Crippen LogP contribution is -2.53. The summed E-state index contributed by atoms with van der Waals surface area (Å²) in [7, 11) is 0. The summed E-state index contributed by atoms with van der Waals surface area (Å²) in [6, 6.07) is 4.54. The van der Waals surface area contributed by atoms with Gasteiger partial charge in [-0.2, -0.15) is 0 Å². The van der Waals surface area contributed by atoms with Crippen molar-refractivity contribution in [2.24, 2.45) is 17.4 Å². The van der Waals surface area contributed by atoms with Crippen LogP contribution in [0.2, 0.25) is 0 Å². The Bertz CT molecular complexity index is 1090. The highest BCUT2D eigenvalue weighted by Crippen LogP contribution is 2.23. The first kappa shape index (κ1) is 27.1. The second kappa shape index (κ2) is 11.6. The van der Waals surface area contributed by atoms with E-state index in [1.165, 1.54) is 12.1 Å². The van der Waals surface area contributed by atoms with Crippen molar-refractivity contribution in [1.29, 1.82) is 10.8 Å². The molecule has 3 saturated heterocycles. The van der Waals surface area contributed by atoms with Crippen molar-refractivity contribution in [2.75, 3.05) is 65.4 Å². The smallest absolute Gasteiger partial charge is 0.270 e. The molecule has 38 heavy (non-hydrogen) atoms. The number of carbonyl (C=O) groups is 2. The summed E-state index contributed by atoms with van der Waals surface area (Å²) in [5.74, 6) is -0.249. The molecule has 3 aliphatic rings. The fraction of sp³-hybridized carbons (Fsp3) is 0.583. The van der Waals surface area contributed by atoms with Gasteiger partial charge in [0.15, 0.2) is 11.9 Å². The second-order valence-electron chi connectivity index (χ2n) is 10.1. The van der Waals surface area contributed by atoms with Gasteiger partial charge in [0.1, 0.15) is 0 Å². The van der Waals surface area contributed by atoms with Crippen molar-refractivity contribution in [3.8, 4) is 0 Å². The summed E-state index contributed by atoms with van der Waals surface area (Å²) in [6.45, 7) is 5.73. The number of rotatable bonds is 5. The van der Waals surface area contributed by atoms with Gasteiger partial charge >= 0.3 is 0 Å². The third kappa shape index (κ3) is 6.30. The van der Waals surface area contributed by atoms with Crippen LogP contribution in [0.3, 0.4) is 0 Å². The number of non-ortho nitro benzene ring substituents is 1.